The summed E-state index contributed by atoms with van der Waals surface area (Å²) in [5.41, 5.74) is 6.66. The van der Waals surface area contributed by atoms with Gasteiger partial charge in [0.2, 0.25) is 5.91 Å². The van der Waals surface area contributed by atoms with E-state index in [2.05, 4.69) is 10.4 Å². The summed E-state index contributed by atoms with van der Waals surface area (Å²) in [5, 5.41) is 6.44. The van der Waals surface area contributed by atoms with Gasteiger partial charge in [-0.2, -0.15) is 5.10 Å². The van der Waals surface area contributed by atoms with Gasteiger partial charge >= 0.3 is 0 Å². The molecule has 2 rings (SSSR count). The van der Waals surface area contributed by atoms with Crippen molar-refractivity contribution in [2.75, 3.05) is 5.32 Å². The van der Waals surface area contributed by atoms with E-state index < -0.39 is 17.8 Å². The number of nitrogens with zero attached hydrogens (tertiary/aromatic N) is 2. The number of hydrogen-bond acceptors (Lipinski definition) is 3. The molecule has 0 aliphatic rings. The lowest BCUT2D eigenvalue weighted by atomic mass is 10.1. The van der Waals surface area contributed by atoms with Gasteiger partial charge in [-0.05, 0) is 18.2 Å². The first kappa shape index (κ1) is 13.5. The molecule has 0 radical (unpaired) electrons. The predicted molar refractivity (Wildman–Crippen MR) is 70.2 cm³/mol. The van der Waals surface area contributed by atoms with E-state index in [1.54, 1.807) is 17.9 Å². The van der Waals surface area contributed by atoms with Crippen LogP contribution < -0.4 is 11.1 Å². The summed E-state index contributed by atoms with van der Waals surface area (Å²) in [5.74, 6) is -1.05. The molecule has 19 heavy (non-hydrogen) atoms. The number of anilines is 1. The number of rotatable bonds is 3. The lowest BCUT2D eigenvalue weighted by molar-refractivity contribution is -0.117. The fourth-order valence-electron chi connectivity index (χ4n) is 1.55. The highest BCUT2D eigenvalue weighted by molar-refractivity contribution is 6.30. The first-order valence-corrected chi connectivity index (χ1v) is 5.85. The van der Waals surface area contributed by atoms with E-state index in [1.165, 1.54) is 18.3 Å². The van der Waals surface area contributed by atoms with Crippen LogP contribution in [0.5, 0.6) is 0 Å². The minimum Gasteiger partial charge on any atom is -0.324 e. The number of aromatic nitrogens is 2. The van der Waals surface area contributed by atoms with Crippen LogP contribution in [0.25, 0.3) is 0 Å². The molecule has 1 heterocycles. The molecule has 1 aromatic carbocycles. The van der Waals surface area contributed by atoms with Crippen LogP contribution in [-0.2, 0) is 11.8 Å². The SMILES string of the molecule is Cn1cc(C(N)C(=O)Nc2ccc(Cl)c(F)c2)cn1. The maximum Gasteiger partial charge on any atom is 0.246 e. The molecule has 0 spiro atoms. The summed E-state index contributed by atoms with van der Waals surface area (Å²) in [4.78, 5) is 11.9. The third-order valence-electron chi connectivity index (χ3n) is 2.55. The van der Waals surface area contributed by atoms with Crippen LogP contribution in [0, 0.1) is 5.82 Å². The van der Waals surface area contributed by atoms with Crippen molar-refractivity contribution in [3.63, 3.8) is 0 Å². The third kappa shape index (κ3) is 3.10. The molecule has 0 fully saturated rings. The van der Waals surface area contributed by atoms with Crippen LogP contribution in [-0.4, -0.2) is 15.7 Å². The van der Waals surface area contributed by atoms with Crippen LogP contribution in [0.15, 0.2) is 30.6 Å². The van der Waals surface area contributed by atoms with E-state index in [-0.39, 0.29) is 5.02 Å². The molecular formula is C12H12ClFN4O. The van der Waals surface area contributed by atoms with Gasteiger partial charge in [0.1, 0.15) is 11.9 Å². The highest BCUT2D eigenvalue weighted by Gasteiger charge is 2.17. The molecule has 0 saturated carbocycles. The van der Waals surface area contributed by atoms with E-state index in [0.717, 1.165) is 6.07 Å². The van der Waals surface area contributed by atoms with Crippen molar-refractivity contribution in [1.82, 2.24) is 9.78 Å². The highest BCUT2D eigenvalue weighted by atomic mass is 35.5. The molecule has 1 amide bonds. The van der Waals surface area contributed by atoms with E-state index in [4.69, 9.17) is 17.3 Å². The number of nitrogens with two attached hydrogens (primary N) is 1. The second kappa shape index (κ2) is 5.38. The Morgan fingerprint density at radius 2 is 2.32 bits per heavy atom. The summed E-state index contributed by atoms with van der Waals surface area (Å²) in [6.45, 7) is 0. The summed E-state index contributed by atoms with van der Waals surface area (Å²) >= 11 is 5.55. The zero-order chi connectivity index (χ0) is 14.0. The molecule has 7 heteroatoms. The molecule has 0 aliphatic carbocycles. The van der Waals surface area contributed by atoms with Gasteiger partial charge in [0, 0.05) is 24.5 Å². The fraction of sp³-hybridized carbons (Fsp3) is 0.167. The van der Waals surface area contributed by atoms with Crippen molar-refractivity contribution in [3.8, 4) is 0 Å². The predicted octanol–water partition coefficient (Wildman–Crippen LogP) is 1.85. The topological polar surface area (TPSA) is 72.9 Å². The standard InChI is InChI=1S/C12H12ClFN4O/c1-18-6-7(5-16-18)11(15)12(19)17-8-2-3-9(13)10(14)4-8/h2-6,11H,15H2,1H3,(H,17,19). The second-order valence-corrected chi connectivity index (χ2v) is 4.45. The normalized spacial score (nSPS) is 12.2. The number of amides is 1. The Labute approximate surface area is 114 Å². The van der Waals surface area contributed by atoms with Crippen LogP contribution >= 0.6 is 11.6 Å². The second-order valence-electron chi connectivity index (χ2n) is 4.04. The van der Waals surface area contributed by atoms with Crippen molar-refractivity contribution in [3.05, 3.63) is 47.0 Å². The van der Waals surface area contributed by atoms with Crippen molar-refractivity contribution >= 4 is 23.2 Å². The van der Waals surface area contributed by atoms with E-state index in [0.29, 0.717) is 11.3 Å². The Balaban J connectivity index is 2.10. The molecule has 0 bridgehead atoms. The quantitative estimate of drug-likeness (QED) is 0.902. The monoisotopic (exact) mass is 282 g/mol. The molecule has 2 aromatic rings. The van der Waals surface area contributed by atoms with Gasteiger partial charge in [-0.25, -0.2) is 4.39 Å². The van der Waals surface area contributed by atoms with Gasteiger partial charge in [0.15, 0.2) is 0 Å². The number of carbonyl (C=O) groups excluding carboxylic acids is 1. The minimum atomic E-state index is -0.868. The van der Waals surface area contributed by atoms with Crippen molar-refractivity contribution in [2.24, 2.45) is 12.8 Å². The summed E-state index contributed by atoms with van der Waals surface area (Å²) < 4.78 is 14.8. The number of carbonyl (C=O) groups is 1. The first-order valence-electron chi connectivity index (χ1n) is 5.47. The van der Waals surface area contributed by atoms with E-state index in [9.17, 15) is 9.18 Å². The molecule has 100 valence electrons. The molecule has 0 saturated heterocycles. The van der Waals surface area contributed by atoms with Gasteiger partial charge in [0.05, 0.1) is 11.2 Å². The van der Waals surface area contributed by atoms with E-state index in [1.807, 2.05) is 0 Å². The highest BCUT2D eigenvalue weighted by Crippen LogP contribution is 2.20. The maximum absolute atomic E-state index is 13.2. The Morgan fingerprint density at radius 3 is 2.89 bits per heavy atom. The largest absolute Gasteiger partial charge is 0.324 e. The van der Waals surface area contributed by atoms with Crippen LogP contribution in [0.4, 0.5) is 10.1 Å². The molecule has 3 N–H and O–H groups in total. The van der Waals surface area contributed by atoms with Gasteiger partial charge in [-0.1, -0.05) is 11.6 Å². The molecule has 1 aromatic heterocycles. The number of halogens is 2. The zero-order valence-electron chi connectivity index (χ0n) is 10.1. The Hall–Kier alpha value is -1.92. The Bertz CT molecular complexity index is 614. The van der Waals surface area contributed by atoms with Crippen LogP contribution in [0.1, 0.15) is 11.6 Å². The number of benzene rings is 1. The molecular weight excluding hydrogens is 271 g/mol. The summed E-state index contributed by atoms with van der Waals surface area (Å²) in [7, 11) is 1.72. The maximum atomic E-state index is 13.2. The average Bonchev–Trinajstić information content (AvgIpc) is 2.79. The van der Waals surface area contributed by atoms with E-state index >= 15 is 0 Å². The Morgan fingerprint density at radius 1 is 1.58 bits per heavy atom. The van der Waals surface area contributed by atoms with Crippen LogP contribution in [0.2, 0.25) is 5.02 Å². The average molecular weight is 283 g/mol. The molecule has 5 nitrogen and oxygen atoms in total. The third-order valence-corrected chi connectivity index (χ3v) is 2.86. The lowest BCUT2D eigenvalue weighted by Crippen LogP contribution is -2.27. The summed E-state index contributed by atoms with van der Waals surface area (Å²) in [6, 6.07) is 3.13. The van der Waals surface area contributed by atoms with Gasteiger partial charge in [0.25, 0.3) is 0 Å². The molecule has 1 atom stereocenters. The van der Waals surface area contributed by atoms with Crippen molar-refractivity contribution in [2.45, 2.75) is 6.04 Å². The van der Waals surface area contributed by atoms with Gasteiger partial charge in [-0.3, -0.25) is 9.48 Å². The Kier molecular flexibility index (Phi) is 3.82. The first-order chi connectivity index (χ1) is 8.97. The minimum absolute atomic E-state index is 0.00504. The molecule has 0 aliphatic heterocycles. The zero-order valence-corrected chi connectivity index (χ0v) is 10.9. The van der Waals surface area contributed by atoms with Gasteiger partial charge < -0.3 is 11.1 Å². The lowest BCUT2D eigenvalue weighted by Gasteiger charge is -2.10. The van der Waals surface area contributed by atoms with Crippen molar-refractivity contribution in [1.29, 1.82) is 0 Å². The summed E-state index contributed by atoms with van der Waals surface area (Å²) in [6.07, 6.45) is 3.15. The number of hydrogen-bond donors (Lipinski definition) is 2. The smallest absolute Gasteiger partial charge is 0.246 e. The fourth-order valence-corrected chi connectivity index (χ4v) is 1.66. The number of nitrogens with one attached hydrogen (secondary N) is 1. The molecule has 1 unspecified atom stereocenters. The van der Waals surface area contributed by atoms with Gasteiger partial charge in [-0.15, -0.1) is 0 Å². The number of aryl methyl sites for hydroxylation is 1. The van der Waals surface area contributed by atoms with Crippen molar-refractivity contribution < 1.29 is 9.18 Å². The van der Waals surface area contributed by atoms with Crippen LogP contribution in [0.3, 0.4) is 0 Å².